The molecule has 0 spiro atoms. The molecule has 0 atom stereocenters. The van der Waals surface area contributed by atoms with Gasteiger partial charge in [0.2, 0.25) is 20.0 Å². The van der Waals surface area contributed by atoms with Crippen LogP contribution in [0, 0.1) is 13.8 Å². The number of para-hydroxylation sites is 1. The minimum Gasteiger partial charge on any atom is -0.496 e. The van der Waals surface area contributed by atoms with E-state index in [1.807, 2.05) is 13.0 Å². The Bertz CT molecular complexity index is 1140. The number of aryl methyl sites for hydroxylation is 2. The Hall–Kier alpha value is -1.98. The van der Waals surface area contributed by atoms with Gasteiger partial charge in [0, 0.05) is 44.8 Å². The van der Waals surface area contributed by atoms with Crippen molar-refractivity contribution in [2.24, 2.45) is 0 Å². The lowest BCUT2D eigenvalue weighted by Crippen LogP contribution is -2.48. The number of sulfonamides is 2. The first kappa shape index (κ1) is 24.7. The molecule has 0 saturated carbocycles. The van der Waals surface area contributed by atoms with E-state index in [2.05, 4.69) is 5.32 Å². The quantitative estimate of drug-likeness (QED) is 0.586. The molecule has 1 saturated heterocycles. The van der Waals surface area contributed by atoms with Gasteiger partial charge in [-0.3, -0.25) is 0 Å². The first-order valence-corrected chi connectivity index (χ1v) is 13.6. The second kappa shape index (κ2) is 10.3. The Kier molecular flexibility index (Phi) is 7.94. The lowest BCUT2D eigenvalue weighted by molar-refractivity contribution is 0.354. The van der Waals surface area contributed by atoms with E-state index < -0.39 is 20.0 Å². The van der Waals surface area contributed by atoms with Gasteiger partial charge in [-0.15, -0.1) is 0 Å². The highest BCUT2D eigenvalue weighted by molar-refractivity contribution is 7.90. The second-order valence-corrected chi connectivity index (χ2v) is 11.9. The third-order valence-corrected chi connectivity index (χ3v) is 9.41. The molecule has 1 N–H and O–H groups in total. The first-order valence-electron chi connectivity index (χ1n) is 10.5. The van der Waals surface area contributed by atoms with E-state index in [9.17, 15) is 16.8 Å². The fraction of sp³-hybridized carbons (Fsp3) is 0.455. The number of benzene rings is 2. The molecule has 1 heterocycles. The summed E-state index contributed by atoms with van der Waals surface area (Å²) in [5.74, 6) is 0.269. The summed E-state index contributed by atoms with van der Waals surface area (Å²) in [7, 11) is -6.01. The van der Waals surface area contributed by atoms with Crippen LogP contribution in [0.15, 0.2) is 47.4 Å². The van der Waals surface area contributed by atoms with Gasteiger partial charge >= 0.3 is 0 Å². The van der Waals surface area contributed by atoms with Crippen LogP contribution >= 0.6 is 0 Å². The molecule has 176 valence electrons. The summed E-state index contributed by atoms with van der Waals surface area (Å²) in [4.78, 5) is 0.187. The summed E-state index contributed by atoms with van der Waals surface area (Å²) >= 11 is 0. The van der Waals surface area contributed by atoms with Gasteiger partial charge in [0.1, 0.15) is 5.75 Å². The number of piperazine rings is 1. The fourth-order valence-corrected chi connectivity index (χ4v) is 6.99. The van der Waals surface area contributed by atoms with Crippen molar-refractivity contribution in [3.63, 3.8) is 0 Å². The van der Waals surface area contributed by atoms with Crippen LogP contribution in [0.1, 0.15) is 16.7 Å². The van der Waals surface area contributed by atoms with E-state index in [-0.39, 0.29) is 23.7 Å². The predicted octanol–water partition coefficient (Wildman–Crippen LogP) is 1.74. The molecule has 3 rings (SSSR count). The van der Waals surface area contributed by atoms with Crippen LogP contribution in [0.3, 0.4) is 0 Å². The Morgan fingerprint density at radius 1 is 1.03 bits per heavy atom. The van der Waals surface area contributed by atoms with E-state index >= 15 is 0 Å². The van der Waals surface area contributed by atoms with Crippen molar-refractivity contribution < 1.29 is 21.6 Å². The Balaban J connectivity index is 1.94. The molecular formula is C22H31N3O5S2. The molecule has 1 aliphatic heterocycles. The summed E-state index contributed by atoms with van der Waals surface area (Å²) in [5.41, 5.74) is 2.11. The van der Waals surface area contributed by atoms with Crippen molar-refractivity contribution in [3.05, 3.63) is 59.2 Å². The van der Waals surface area contributed by atoms with E-state index in [0.717, 1.165) is 5.56 Å². The van der Waals surface area contributed by atoms with Gasteiger partial charge < -0.3 is 10.1 Å². The molecule has 0 aliphatic carbocycles. The highest BCUT2D eigenvalue weighted by Crippen LogP contribution is 2.26. The smallest absolute Gasteiger partial charge is 0.243 e. The molecular weight excluding hydrogens is 450 g/mol. The number of hydrogen-bond donors (Lipinski definition) is 1. The average Bonchev–Trinajstić information content (AvgIpc) is 2.78. The largest absolute Gasteiger partial charge is 0.496 e. The lowest BCUT2D eigenvalue weighted by Gasteiger charge is -2.28. The highest BCUT2D eigenvalue weighted by Gasteiger charge is 2.31. The van der Waals surface area contributed by atoms with Crippen LogP contribution in [0.5, 0.6) is 5.75 Å². The molecule has 0 bridgehead atoms. The summed E-state index contributed by atoms with van der Waals surface area (Å²) in [6, 6.07) is 12.4. The summed E-state index contributed by atoms with van der Waals surface area (Å²) in [5, 5.41) is 3.13. The van der Waals surface area contributed by atoms with Crippen LogP contribution in [0.2, 0.25) is 0 Å². The minimum absolute atomic E-state index is 0.0107. The lowest BCUT2D eigenvalue weighted by atomic mass is 10.2. The summed E-state index contributed by atoms with van der Waals surface area (Å²) in [6.07, 6.45) is 0. The number of rotatable bonds is 9. The van der Waals surface area contributed by atoms with Crippen molar-refractivity contribution in [2.45, 2.75) is 25.3 Å². The van der Waals surface area contributed by atoms with E-state index in [1.54, 1.807) is 43.3 Å². The van der Waals surface area contributed by atoms with Crippen LogP contribution < -0.4 is 10.1 Å². The fourth-order valence-electron chi connectivity index (χ4n) is 3.70. The molecule has 0 unspecified atom stereocenters. The third kappa shape index (κ3) is 5.68. The van der Waals surface area contributed by atoms with E-state index in [4.69, 9.17) is 4.74 Å². The minimum atomic E-state index is -3.95. The first-order chi connectivity index (χ1) is 15.1. The number of hydrogen-bond acceptors (Lipinski definition) is 6. The van der Waals surface area contributed by atoms with Gasteiger partial charge in [-0.05, 0) is 37.1 Å². The maximum absolute atomic E-state index is 13.7. The maximum Gasteiger partial charge on any atom is 0.243 e. The Morgan fingerprint density at radius 3 is 2.41 bits per heavy atom. The molecule has 0 amide bonds. The zero-order valence-corrected chi connectivity index (χ0v) is 20.4. The molecule has 10 heteroatoms. The summed E-state index contributed by atoms with van der Waals surface area (Å²) in [6.45, 7) is 5.38. The standard InChI is InChI=1S/C22H31N3O5S2/c1-18-8-9-19(2)22(16-18)32(28,29)25(17-20-6-4-5-7-21(20)30-3)14-15-31(26,27)24-12-10-23-11-13-24/h4-9,16,23H,10-15,17H2,1-3H3. The SMILES string of the molecule is COc1ccccc1CN(CCS(=O)(=O)N1CCNCC1)S(=O)(=O)c1cc(C)ccc1C. The molecule has 8 nitrogen and oxygen atoms in total. The van der Waals surface area contributed by atoms with Crippen molar-refractivity contribution in [1.29, 1.82) is 0 Å². The van der Waals surface area contributed by atoms with Crippen molar-refractivity contribution in [1.82, 2.24) is 13.9 Å². The molecule has 32 heavy (non-hydrogen) atoms. The van der Waals surface area contributed by atoms with Crippen LogP contribution in [-0.4, -0.2) is 71.0 Å². The molecule has 0 aromatic heterocycles. The number of ether oxygens (including phenoxy) is 1. The van der Waals surface area contributed by atoms with Gasteiger partial charge in [-0.1, -0.05) is 30.3 Å². The summed E-state index contributed by atoms with van der Waals surface area (Å²) < 4.78 is 61.2. The predicted molar refractivity (Wildman–Crippen MR) is 125 cm³/mol. The highest BCUT2D eigenvalue weighted by atomic mass is 32.2. The van der Waals surface area contributed by atoms with Crippen LogP contribution in [0.4, 0.5) is 0 Å². The molecule has 2 aromatic carbocycles. The zero-order chi connectivity index (χ0) is 23.4. The van der Waals surface area contributed by atoms with Gasteiger partial charge in [-0.25, -0.2) is 16.8 Å². The monoisotopic (exact) mass is 481 g/mol. The van der Waals surface area contributed by atoms with Crippen molar-refractivity contribution >= 4 is 20.0 Å². The van der Waals surface area contributed by atoms with Gasteiger partial charge in [0.15, 0.2) is 0 Å². The van der Waals surface area contributed by atoms with E-state index in [1.165, 1.54) is 15.7 Å². The molecule has 1 fully saturated rings. The topological polar surface area (TPSA) is 96.0 Å². The van der Waals surface area contributed by atoms with Crippen LogP contribution in [0.25, 0.3) is 0 Å². The zero-order valence-electron chi connectivity index (χ0n) is 18.7. The van der Waals surface area contributed by atoms with Gasteiger partial charge in [-0.2, -0.15) is 8.61 Å². The van der Waals surface area contributed by atoms with Gasteiger partial charge in [0.05, 0.1) is 17.8 Å². The average molecular weight is 482 g/mol. The van der Waals surface area contributed by atoms with Crippen LogP contribution in [-0.2, 0) is 26.6 Å². The second-order valence-electron chi connectivity index (χ2n) is 7.88. The Morgan fingerprint density at radius 2 is 1.72 bits per heavy atom. The molecule has 1 aliphatic rings. The van der Waals surface area contributed by atoms with E-state index in [0.29, 0.717) is 43.1 Å². The third-order valence-electron chi connectivity index (χ3n) is 5.57. The molecule has 0 radical (unpaired) electrons. The van der Waals surface area contributed by atoms with Crippen molar-refractivity contribution in [3.8, 4) is 5.75 Å². The van der Waals surface area contributed by atoms with Gasteiger partial charge in [0.25, 0.3) is 0 Å². The Labute approximate surface area is 191 Å². The number of nitrogens with zero attached hydrogens (tertiary/aromatic N) is 2. The maximum atomic E-state index is 13.7. The number of methoxy groups -OCH3 is 1. The molecule has 2 aromatic rings. The normalized spacial score (nSPS) is 15.8. The number of nitrogens with one attached hydrogen (secondary N) is 1. The van der Waals surface area contributed by atoms with Crippen molar-refractivity contribution in [2.75, 3.05) is 45.6 Å².